The Hall–Kier alpha value is -2.34. The molecule has 0 N–H and O–H groups in total. The van der Waals surface area contributed by atoms with Crippen LogP contribution < -0.4 is 5.63 Å². The molecule has 0 saturated heterocycles. The minimum atomic E-state index is -0.621. The van der Waals surface area contributed by atoms with E-state index in [1.165, 1.54) is 6.07 Å². The number of hydrogen-bond donors (Lipinski definition) is 0. The number of carbonyl (C=O) groups is 1. The molecule has 2 aromatic rings. The van der Waals surface area contributed by atoms with Crippen LogP contribution in [-0.2, 0) is 0 Å². The van der Waals surface area contributed by atoms with Gasteiger partial charge in [0.15, 0.2) is 6.29 Å². The average molecular weight is 212 g/mol. The molecule has 2 rings (SSSR count). The molecule has 0 bridgehead atoms. The lowest BCUT2D eigenvalue weighted by Gasteiger charge is -1.97. The van der Waals surface area contributed by atoms with E-state index in [0.717, 1.165) is 5.56 Å². The summed E-state index contributed by atoms with van der Waals surface area (Å²) in [4.78, 5) is 21.9. The van der Waals surface area contributed by atoms with Crippen LogP contribution in [0.2, 0.25) is 0 Å². The van der Waals surface area contributed by atoms with Gasteiger partial charge in [-0.05, 0) is 31.2 Å². The fourth-order valence-electron chi connectivity index (χ4n) is 1.43. The Balaban J connectivity index is 2.74. The van der Waals surface area contributed by atoms with Crippen molar-refractivity contribution < 1.29 is 9.21 Å². The zero-order valence-electron chi connectivity index (χ0n) is 8.61. The van der Waals surface area contributed by atoms with Crippen molar-refractivity contribution in [2.45, 2.75) is 6.92 Å². The second-order valence-electron chi connectivity index (χ2n) is 3.23. The van der Waals surface area contributed by atoms with Crippen LogP contribution in [0.5, 0.6) is 0 Å². The molecule has 78 valence electrons. The van der Waals surface area contributed by atoms with Crippen molar-refractivity contribution in [2.24, 2.45) is 0 Å². The average Bonchev–Trinajstić information content (AvgIpc) is 2.28. The summed E-state index contributed by atoms with van der Waals surface area (Å²) < 4.78 is 5.02. The molecule has 3 heteroatoms. The van der Waals surface area contributed by atoms with Crippen molar-refractivity contribution in [1.29, 1.82) is 0 Å². The molecule has 0 amide bonds. The molecule has 1 heterocycles. The van der Waals surface area contributed by atoms with Gasteiger partial charge >= 0.3 is 5.63 Å². The number of hydrogen-bond acceptors (Lipinski definition) is 3. The van der Waals surface area contributed by atoms with Crippen LogP contribution >= 0.6 is 0 Å². The molecule has 0 saturated carbocycles. The van der Waals surface area contributed by atoms with E-state index < -0.39 is 5.63 Å². The molecule has 0 aliphatic heterocycles. The second-order valence-corrected chi connectivity index (χ2v) is 3.23. The summed E-state index contributed by atoms with van der Waals surface area (Å²) in [5.74, 6) is 5.63. The van der Waals surface area contributed by atoms with Gasteiger partial charge in [-0.1, -0.05) is 5.92 Å². The van der Waals surface area contributed by atoms with Crippen molar-refractivity contribution in [3.63, 3.8) is 0 Å². The third-order valence-corrected chi connectivity index (χ3v) is 2.16. The van der Waals surface area contributed by atoms with Crippen LogP contribution in [0.3, 0.4) is 0 Å². The SMILES string of the molecule is CC#Cc1ccc2cc(C=O)c(=O)oc2c1. The highest BCUT2D eigenvalue weighted by molar-refractivity contribution is 5.84. The van der Waals surface area contributed by atoms with Crippen molar-refractivity contribution >= 4 is 17.3 Å². The maximum absolute atomic E-state index is 11.3. The van der Waals surface area contributed by atoms with Gasteiger partial charge in [0.25, 0.3) is 0 Å². The van der Waals surface area contributed by atoms with Crippen LogP contribution in [-0.4, -0.2) is 6.29 Å². The predicted octanol–water partition coefficient (Wildman–Crippen LogP) is 1.98. The molecule has 1 aromatic heterocycles. The Morgan fingerprint density at radius 1 is 1.31 bits per heavy atom. The first-order chi connectivity index (χ1) is 7.74. The molecule has 0 fully saturated rings. The number of rotatable bonds is 1. The van der Waals surface area contributed by atoms with Gasteiger partial charge in [0.1, 0.15) is 11.1 Å². The highest BCUT2D eigenvalue weighted by Crippen LogP contribution is 2.14. The summed E-state index contributed by atoms with van der Waals surface area (Å²) in [6.07, 6.45) is 0.491. The lowest BCUT2D eigenvalue weighted by Crippen LogP contribution is -2.05. The molecular formula is C13H8O3. The van der Waals surface area contributed by atoms with Gasteiger partial charge in [-0.25, -0.2) is 4.79 Å². The van der Waals surface area contributed by atoms with E-state index in [-0.39, 0.29) is 5.56 Å². The van der Waals surface area contributed by atoms with Crippen molar-refractivity contribution in [2.75, 3.05) is 0 Å². The molecule has 0 spiro atoms. The summed E-state index contributed by atoms with van der Waals surface area (Å²) in [5.41, 5.74) is 0.624. The van der Waals surface area contributed by atoms with Crippen molar-refractivity contribution in [1.82, 2.24) is 0 Å². The van der Waals surface area contributed by atoms with E-state index in [1.807, 2.05) is 6.07 Å². The van der Waals surface area contributed by atoms with Crippen molar-refractivity contribution in [3.05, 3.63) is 45.8 Å². The van der Waals surface area contributed by atoms with E-state index in [9.17, 15) is 9.59 Å². The monoisotopic (exact) mass is 212 g/mol. The van der Waals surface area contributed by atoms with Gasteiger partial charge in [0, 0.05) is 10.9 Å². The first-order valence-electron chi connectivity index (χ1n) is 4.70. The Morgan fingerprint density at radius 3 is 2.81 bits per heavy atom. The predicted molar refractivity (Wildman–Crippen MR) is 60.4 cm³/mol. The normalized spacial score (nSPS) is 9.56. The van der Waals surface area contributed by atoms with E-state index in [1.54, 1.807) is 19.1 Å². The van der Waals surface area contributed by atoms with E-state index in [2.05, 4.69) is 11.8 Å². The van der Waals surface area contributed by atoms with Crippen molar-refractivity contribution in [3.8, 4) is 11.8 Å². The maximum Gasteiger partial charge on any atom is 0.346 e. The van der Waals surface area contributed by atoms with Crippen LogP contribution in [0.25, 0.3) is 11.0 Å². The van der Waals surface area contributed by atoms with Gasteiger partial charge in [0.05, 0.1) is 0 Å². The maximum atomic E-state index is 11.3. The molecule has 1 aromatic carbocycles. The van der Waals surface area contributed by atoms with Gasteiger partial charge in [-0.2, -0.15) is 0 Å². The highest BCUT2D eigenvalue weighted by atomic mass is 16.4. The number of aldehydes is 1. The quantitative estimate of drug-likeness (QED) is 0.412. The molecule has 0 aliphatic rings. The summed E-state index contributed by atoms with van der Waals surface area (Å²) in [7, 11) is 0. The zero-order valence-corrected chi connectivity index (χ0v) is 8.61. The summed E-state index contributed by atoms with van der Waals surface area (Å²) in [6, 6.07) is 6.78. The first-order valence-corrected chi connectivity index (χ1v) is 4.70. The van der Waals surface area contributed by atoms with Crippen LogP contribution in [0.15, 0.2) is 33.5 Å². The molecule has 0 atom stereocenters. The topological polar surface area (TPSA) is 47.3 Å². The largest absolute Gasteiger partial charge is 0.422 e. The van der Waals surface area contributed by atoms with E-state index >= 15 is 0 Å². The molecule has 0 aliphatic carbocycles. The Labute approximate surface area is 91.7 Å². The van der Waals surface area contributed by atoms with Gasteiger partial charge in [-0.15, -0.1) is 5.92 Å². The Kier molecular flexibility index (Phi) is 2.57. The first kappa shape index (κ1) is 10.2. The fourth-order valence-corrected chi connectivity index (χ4v) is 1.43. The summed E-state index contributed by atoms with van der Waals surface area (Å²) in [6.45, 7) is 1.73. The third kappa shape index (κ3) is 1.73. The van der Waals surface area contributed by atoms with Crippen LogP contribution in [0, 0.1) is 11.8 Å². The smallest absolute Gasteiger partial charge is 0.346 e. The Bertz CT molecular complexity index is 669. The van der Waals surface area contributed by atoms with Gasteiger partial charge < -0.3 is 4.42 Å². The number of carbonyl (C=O) groups excluding carboxylic acids is 1. The standard InChI is InChI=1S/C13H8O3/c1-2-3-9-4-5-10-7-11(8-14)13(15)16-12(10)6-9/h4-8H,1H3. The molecule has 0 radical (unpaired) electrons. The lowest BCUT2D eigenvalue weighted by atomic mass is 10.1. The van der Waals surface area contributed by atoms with Gasteiger partial charge in [-0.3, -0.25) is 4.79 Å². The minimum absolute atomic E-state index is 0.0295. The molecule has 16 heavy (non-hydrogen) atoms. The van der Waals surface area contributed by atoms with Crippen LogP contribution in [0.1, 0.15) is 22.8 Å². The fraction of sp³-hybridized carbons (Fsp3) is 0.0769. The van der Waals surface area contributed by atoms with E-state index in [4.69, 9.17) is 4.42 Å². The molecule has 0 unspecified atom stereocenters. The molecular weight excluding hydrogens is 204 g/mol. The summed E-state index contributed by atoms with van der Waals surface area (Å²) in [5, 5.41) is 0.711. The summed E-state index contributed by atoms with van der Waals surface area (Å²) >= 11 is 0. The second kappa shape index (κ2) is 4.03. The zero-order chi connectivity index (χ0) is 11.5. The van der Waals surface area contributed by atoms with Crippen LogP contribution in [0.4, 0.5) is 0 Å². The lowest BCUT2D eigenvalue weighted by molar-refractivity contribution is 0.112. The van der Waals surface area contributed by atoms with Gasteiger partial charge in [0.2, 0.25) is 0 Å². The Morgan fingerprint density at radius 2 is 2.12 bits per heavy atom. The number of benzene rings is 1. The number of fused-ring (bicyclic) bond motifs is 1. The highest BCUT2D eigenvalue weighted by Gasteiger charge is 2.04. The third-order valence-electron chi connectivity index (χ3n) is 2.16. The molecule has 3 nitrogen and oxygen atoms in total. The minimum Gasteiger partial charge on any atom is -0.422 e. The van der Waals surface area contributed by atoms with E-state index in [0.29, 0.717) is 17.3 Å².